The largest absolute Gasteiger partial charge is 0.376 e. The van der Waals surface area contributed by atoms with Crippen LogP contribution < -0.4 is 10.0 Å². The van der Waals surface area contributed by atoms with Gasteiger partial charge in [0.2, 0.25) is 16.1 Å². The smallest absolute Gasteiger partial charge is 0.240 e. The number of anilines is 1. The molecule has 86 valence electrons. The number of nitrogens with two attached hydrogens (primary N) is 1. The highest BCUT2D eigenvalue weighted by molar-refractivity contribution is 7.89. The van der Waals surface area contributed by atoms with Crippen LogP contribution in [0, 0.1) is 0 Å². The molecule has 0 aliphatic heterocycles. The molecule has 7 heteroatoms. The van der Waals surface area contributed by atoms with Crippen molar-refractivity contribution in [2.45, 2.75) is 4.90 Å². The molecule has 0 radical (unpaired) electrons. The summed E-state index contributed by atoms with van der Waals surface area (Å²) < 4.78 is 22.2. The lowest BCUT2D eigenvalue weighted by molar-refractivity contribution is 0.565. The van der Waals surface area contributed by atoms with Crippen molar-refractivity contribution < 1.29 is 13.2 Å². The van der Waals surface area contributed by atoms with Crippen molar-refractivity contribution in [1.82, 2.24) is 0 Å². The second-order valence-corrected chi connectivity index (χ2v) is 4.85. The number of primary sulfonamides is 1. The van der Waals surface area contributed by atoms with Crippen molar-refractivity contribution >= 4 is 27.5 Å². The van der Waals surface area contributed by atoms with Crippen LogP contribution in [0.2, 0.25) is 0 Å². The predicted molar refractivity (Wildman–Crippen MR) is 59.9 cm³/mol. The Morgan fingerprint density at radius 3 is 2.44 bits per heavy atom. The number of sulfonamides is 1. The van der Waals surface area contributed by atoms with Crippen molar-refractivity contribution in [3.63, 3.8) is 0 Å². The molecule has 1 rings (SSSR count). The topological polar surface area (TPSA) is 92.8 Å². The van der Waals surface area contributed by atoms with Gasteiger partial charge in [-0.1, -0.05) is 0 Å². The quantitative estimate of drug-likeness (QED) is 0.611. The van der Waals surface area contributed by atoms with Gasteiger partial charge in [0.25, 0.3) is 0 Å². The maximum atomic E-state index is 11.1. The molecule has 0 unspecified atom stereocenters. The van der Waals surface area contributed by atoms with Crippen LogP contribution in [-0.2, 0) is 14.8 Å². The summed E-state index contributed by atoms with van der Waals surface area (Å²) in [5, 5.41) is 4.97. The first-order chi connectivity index (χ1) is 7.36. The molecule has 0 atom stereocenters. The van der Waals surface area contributed by atoms with E-state index in [9.17, 15) is 13.2 Å². The first-order valence-electron chi connectivity index (χ1n) is 4.28. The standard InChI is InChI=1S/C9H11N3O3S/c1-12(2)9-4-3-7(16(10,14)15)5-8(9)11-6-13/h3-5H,1-2H3,(H2,10,14,15). The minimum atomic E-state index is -3.79. The van der Waals surface area contributed by atoms with E-state index in [1.807, 2.05) is 0 Å². The lowest BCUT2D eigenvalue weighted by atomic mass is 10.2. The molecule has 0 aromatic heterocycles. The van der Waals surface area contributed by atoms with Gasteiger partial charge in [-0.25, -0.2) is 18.4 Å². The van der Waals surface area contributed by atoms with E-state index in [2.05, 4.69) is 4.99 Å². The van der Waals surface area contributed by atoms with E-state index >= 15 is 0 Å². The number of benzene rings is 1. The van der Waals surface area contributed by atoms with E-state index in [1.165, 1.54) is 24.3 Å². The fraction of sp³-hybridized carbons (Fsp3) is 0.222. The first-order valence-corrected chi connectivity index (χ1v) is 5.83. The van der Waals surface area contributed by atoms with Crippen LogP contribution in [-0.4, -0.2) is 28.6 Å². The van der Waals surface area contributed by atoms with E-state index in [0.29, 0.717) is 5.69 Å². The molecular weight excluding hydrogens is 230 g/mol. The van der Waals surface area contributed by atoms with E-state index in [4.69, 9.17) is 5.14 Å². The normalized spacial score (nSPS) is 10.7. The average molecular weight is 241 g/mol. The highest BCUT2D eigenvalue weighted by Gasteiger charge is 2.12. The second kappa shape index (κ2) is 4.44. The molecule has 0 spiro atoms. The second-order valence-electron chi connectivity index (χ2n) is 3.29. The summed E-state index contributed by atoms with van der Waals surface area (Å²) in [5.41, 5.74) is 0.822. The number of isocyanates is 1. The number of rotatable bonds is 3. The summed E-state index contributed by atoms with van der Waals surface area (Å²) in [6.07, 6.45) is 1.37. The summed E-state index contributed by atoms with van der Waals surface area (Å²) in [5.74, 6) is 0. The predicted octanol–water partition coefficient (Wildman–Crippen LogP) is 0.367. The molecule has 0 saturated heterocycles. The summed E-state index contributed by atoms with van der Waals surface area (Å²) in [4.78, 5) is 15.3. The van der Waals surface area contributed by atoms with Crippen LogP contribution in [0.25, 0.3) is 0 Å². The van der Waals surface area contributed by atoms with E-state index in [-0.39, 0.29) is 10.6 Å². The summed E-state index contributed by atoms with van der Waals surface area (Å²) in [7, 11) is -0.303. The molecule has 0 amide bonds. The van der Waals surface area contributed by atoms with Crippen molar-refractivity contribution in [3.8, 4) is 0 Å². The molecule has 0 fully saturated rings. The van der Waals surface area contributed by atoms with Crippen LogP contribution in [0.1, 0.15) is 0 Å². The molecule has 0 saturated carbocycles. The van der Waals surface area contributed by atoms with Crippen LogP contribution in [0.3, 0.4) is 0 Å². The molecular formula is C9H11N3O3S. The van der Waals surface area contributed by atoms with E-state index < -0.39 is 10.0 Å². The van der Waals surface area contributed by atoms with Gasteiger partial charge >= 0.3 is 0 Å². The van der Waals surface area contributed by atoms with Crippen molar-refractivity contribution in [2.24, 2.45) is 10.1 Å². The summed E-state index contributed by atoms with van der Waals surface area (Å²) in [6, 6.07) is 4.11. The fourth-order valence-electron chi connectivity index (χ4n) is 1.20. The van der Waals surface area contributed by atoms with Gasteiger partial charge < -0.3 is 4.90 Å². The van der Waals surface area contributed by atoms with Gasteiger partial charge in [0.1, 0.15) is 5.69 Å². The van der Waals surface area contributed by atoms with Crippen LogP contribution in [0.15, 0.2) is 28.1 Å². The summed E-state index contributed by atoms with van der Waals surface area (Å²) >= 11 is 0. The molecule has 6 nitrogen and oxygen atoms in total. The fourth-order valence-corrected chi connectivity index (χ4v) is 1.73. The average Bonchev–Trinajstić information content (AvgIpc) is 2.16. The monoisotopic (exact) mass is 241 g/mol. The zero-order valence-electron chi connectivity index (χ0n) is 8.84. The Labute approximate surface area is 93.4 Å². The Morgan fingerprint density at radius 1 is 1.38 bits per heavy atom. The van der Waals surface area contributed by atoms with Gasteiger partial charge in [-0.15, -0.1) is 0 Å². The SMILES string of the molecule is CN(C)c1ccc(S(N)(=O)=O)cc1N=C=O. The third-order valence-electron chi connectivity index (χ3n) is 1.92. The van der Waals surface area contributed by atoms with E-state index in [1.54, 1.807) is 19.0 Å². The van der Waals surface area contributed by atoms with Crippen molar-refractivity contribution in [2.75, 3.05) is 19.0 Å². The van der Waals surface area contributed by atoms with Crippen LogP contribution in [0.5, 0.6) is 0 Å². The van der Waals surface area contributed by atoms with Gasteiger partial charge in [-0.3, -0.25) is 0 Å². The summed E-state index contributed by atoms with van der Waals surface area (Å²) in [6.45, 7) is 0. The van der Waals surface area contributed by atoms with Crippen molar-refractivity contribution in [3.05, 3.63) is 18.2 Å². The molecule has 1 aromatic rings. The molecule has 0 bridgehead atoms. The minimum absolute atomic E-state index is 0.0906. The maximum Gasteiger partial charge on any atom is 0.240 e. The Kier molecular flexibility index (Phi) is 3.44. The van der Waals surface area contributed by atoms with E-state index in [0.717, 1.165) is 0 Å². The first kappa shape index (κ1) is 12.4. The highest BCUT2D eigenvalue weighted by Crippen LogP contribution is 2.29. The Bertz CT molecular complexity index is 545. The zero-order valence-corrected chi connectivity index (χ0v) is 9.65. The van der Waals surface area contributed by atoms with Gasteiger partial charge in [-0.2, -0.15) is 4.99 Å². The number of hydrogen-bond acceptors (Lipinski definition) is 5. The highest BCUT2D eigenvalue weighted by atomic mass is 32.2. The Balaban J connectivity index is 3.45. The molecule has 16 heavy (non-hydrogen) atoms. The van der Waals surface area contributed by atoms with Gasteiger partial charge in [0.15, 0.2) is 0 Å². The molecule has 0 heterocycles. The Hall–Kier alpha value is -1.69. The number of hydrogen-bond donors (Lipinski definition) is 1. The number of carbonyl (C=O) groups excluding carboxylic acids is 1. The van der Waals surface area contributed by atoms with Gasteiger partial charge in [-0.05, 0) is 18.2 Å². The Morgan fingerprint density at radius 2 is 2.00 bits per heavy atom. The maximum absolute atomic E-state index is 11.1. The molecule has 2 N–H and O–H groups in total. The molecule has 0 aliphatic rings. The van der Waals surface area contributed by atoms with Gasteiger partial charge in [0.05, 0.1) is 10.6 Å². The van der Waals surface area contributed by atoms with Crippen LogP contribution >= 0.6 is 0 Å². The number of aliphatic imine (C=N–C) groups is 1. The van der Waals surface area contributed by atoms with Crippen LogP contribution in [0.4, 0.5) is 11.4 Å². The number of nitrogens with zero attached hydrogens (tertiary/aromatic N) is 2. The third-order valence-corrected chi connectivity index (χ3v) is 2.83. The lowest BCUT2D eigenvalue weighted by Crippen LogP contribution is -2.13. The third kappa shape index (κ3) is 2.66. The minimum Gasteiger partial charge on any atom is -0.376 e. The lowest BCUT2D eigenvalue weighted by Gasteiger charge is -2.14. The molecule has 1 aromatic carbocycles. The zero-order chi connectivity index (χ0) is 12.3. The van der Waals surface area contributed by atoms with Crippen molar-refractivity contribution in [1.29, 1.82) is 0 Å². The molecule has 0 aliphatic carbocycles. The van der Waals surface area contributed by atoms with Gasteiger partial charge in [0, 0.05) is 14.1 Å².